The van der Waals surface area contributed by atoms with Crippen LogP contribution in [-0.4, -0.2) is 19.7 Å². The Labute approximate surface area is 107 Å². The molecule has 7 heteroatoms. The highest BCUT2D eigenvalue weighted by Crippen LogP contribution is 2.38. The number of hydrogen-bond acceptors (Lipinski definition) is 4. The van der Waals surface area contributed by atoms with Crippen LogP contribution >= 0.6 is 11.6 Å². The van der Waals surface area contributed by atoms with Crippen LogP contribution in [0.4, 0.5) is 5.69 Å². The minimum absolute atomic E-state index is 0.0390. The summed E-state index contributed by atoms with van der Waals surface area (Å²) in [5, 5.41) is 19.0. The standard InChI is InChI=1S/C11H9ClN4O2/c12-8-3-7(4-10(5-8)16(17)18)11-14-13-6-15(11)9-1-2-9/h3-6,9H,1-2H2. The van der Waals surface area contributed by atoms with Crippen molar-refractivity contribution in [1.29, 1.82) is 0 Å². The Hall–Kier alpha value is -1.95. The summed E-state index contributed by atoms with van der Waals surface area (Å²) in [6.45, 7) is 0. The third kappa shape index (κ3) is 1.95. The molecule has 0 bridgehead atoms. The monoisotopic (exact) mass is 264 g/mol. The van der Waals surface area contributed by atoms with E-state index in [2.05, 4.69) is 10.2 Å². The molecular weight excluding hydrogens is 256 g/mol. The van der Waals surface area contributed by atoms with E-state index in [1.54, 1.807) is 12.4 Å². The number of rotatable bonds is 3. The molecule has 1 aromatic carbocycles. The maximum atomic E-state index is 10.8. The van der Waals surface area contributed by atoms with Gasteiger partial charge in [0.15, 0.2) is 5.82 Å². The molecule has 0 amide bonds. The van der Waals surface area contributed by atoms with Gasteiger partial charge in [0.25, 0.3) is 5.69 Å². The van der Waals surface area contributed by atoms with Gasteiger partial charge in [-0.25, -0.2) is 0 Å². The third-order valence-electron chi connectivity index (χ3n) is 2.86. The van der Waals surface area contributed by atoms with Crippen molar-refractivity contribution in [2.45, 2.75) is 18.9 Å². The van der Waals surface area contributed by atoms with Crippen molar-refractivity contribution in [2.75, 3.05) is 0 Å². The Kier molecular flexibility index (Phi) is 2.52. The molecule has 1 saturated carbocycles. The van der Waals surface area contributed by atoms with E-state index in [-0.39, 0.29) is 5.69 Å². The lowest BCUT2D eigenvalue weighted by molar-refractivity contribution is -0.384. The number of non-ortho nitro benzene ring substituents is 1. The Bertz CT molecular complexity index is 621. The topological polar surface area (TPSA) is 73.8 Å². The maximum absolute atomic E-state index is 10.8. The van der Waals surface area contributed by atoms with Crippen LogP contribution in [0.5, 0.6) is 0 Å². The molecule has 0 saturated heterocycles. The molecule has 2 aromatic rings. The Morgan fingerprint density at radius 1 is 1.39 bits per heavy atom. The lowest BCUT2D eigenvalue weighted by atomic mass is 10.2. The van der Waals surface area contributed by atoms with E-state index in [0.29, 0.717) is 22.5 Å². The molecule has 1 aromatic heterocycles. The highest BCUT2D eigenvalue weighted by Gasteiger charge is 2.27. The van der Waals surface area contributed by atoms with Gasteiger partial charge in [0.2, 0.25) is 0 Å². The SMILES string of the molecule is O=[N+]([O-])c1cc(Cl)cc(-c2nncn2C2CC2)c1. The fourth-order valence-electron chi connectivity index (χ4n) is 1.88. The molecule has 0 atom stereocenters. The normalized spacial score (nSPS) is 14.7. The van der Waals surface area contributed by atoms with Gasteiger partial charge < -0.3 is 4.57 Å². The quantitative estimate of drug-likeness (QED) is 0.631. The zero-order chi connectivity index (χ0) is 12.7. The van der Waals surface area contributed by atoms with E-state index >= 15 is 0 Å². The van der Waals surface area contributed by atoms with Gasteiger partial charge in [-0.05, 0) is 18.9 Å². The first-order valence-electron chi connectivity index (χ1n) is 5.50. The van der Waals surface area contributed by atoms with Gasteiger partial charge in [-0.3, -0.25) is 10.1 Å². The van der Waals surface area contributed by atoms with Gasteiger partial charge in [-0.2, -0.15) is 0 Å². The average Bonchev–Trinajstić information content (AvgIpc) is 3.06. The van der Waals surface area contributed by atoms with Crippen LogP contribution in [0.1, 0.15) is 18.9 Å². The van der Waals surface area contributed by atoms with Crippen molar-refractivity contribution in [3.8, 4) is 11.4 Å². The molecule has 1 aliphatic rings. The summed E-state index contributed by atoms with van der Waals surface area (Å²) in [6.07, 6.45) is 3.83. The maximum Gasteiger partial charge on any atom is 0.271 e. The smallest absolute Gasteiger partial charge is 0.271 e. The molecule has 0 unspecified atom stereocenters. The molecule has 1 fully saturated rings. The Morgan fingerprint density at radius 2 is 2.17 bits per heavy atom. The second kappa shape index (κ2) is 4.06. The molecule has 6 nitrogen and oxygen atoms in total. The largest absolute Gasteiger partial charge is 0.310 e. The molecule has 0 aliphatic heterocycles. The second-order valence-corrected chi connectivity index (χ2v) is 4.68. The third-order valence-corrected chi connectivity index (χ3v) is 3.08. The first-order chi connectivity index (χ1) is 8.65. The summed E-state index contributed by atoms with van der Waals surface area (Å²) in [7, 11) is 0. The molecule has 0 N–H and O–H groups in total. The summed E-state index contributed by atoms with van der Waals surface area (Å²) < 4.78 is 1.94. The van der Waals surface area contributed by atoms with E-state index in [4.69, 9.17) is 11.6 Å². The number of halogens is 1. The summed E-state index contributed by atoms with van der Waals surface area (Å²) in [5.74, 6) is 0.628. The van der Waals surface area contributed by atoms with Crippen LogP contribution in [0, 0.1) is 10.1 Å². The molecule has 3 rings (SSSR count). The minimum Gasteiger partial charge on any atom is -0.310 e. The Morgan fingerprint density at radius 3 is 2.83 bits per heavy atom. The van der Waals surface area contributed by atoms with Gasteiger partial charge in [0.1, 0.15) is 6.33 Å². The van der Waals surface area contributed by atoms with Crippen molar-refractivity contribution >= 4 is 17.3 Å². The molecule has 1 heterocycles. The fraction of sp³-hybridized carbons (Fsp3) is 0.273. The van der Waals surface area contributed by atoms with Crippen LogP contribution in [0.2, 0.25) is 5.02 Å². The molecule has 0 spiro atoms. The highest BCUT2D eigenvalue weighted by molar-refractivity contribution is 6.31. The number of hydrogen-bond donors (Lipinski definition) is 0. The first-order valence-corrected chi connectivity index (χ1v) is 5.88. The predicted molar refractivity (Wildman–Crippen MR) is 65.4 cm³/mol. The number of nitro benzene ring substituents is 1. The average molecular weight is 265 g/mol. The van der Waals surface area contributed by atoms with Crippen LogP contribution in [0.25, 0.3) is 11.4 Å². The van der Waals surface area contributed by atoms with Crippen molar-refractivity contribution in [3.63, 3.8) is 0 Å². The van der Waals surface area contributed by atoms with Crippen molar-refractivity contribution in [2.24, 2.45) is 0 Å². The first kappa shape index (κ1) is 11.2. The van der Waals surface area contributed by atoms with Gasteiger partial charge in [-0.1, -0.05) is 11.6 Å². The lowest BCUT2D eigenvalue weighted by Crippen LogP contribution is -1.97. The fourth-order valence-corrected chi connectivity index (χ4v) is 2.11. The van der Waals surface area contributed by atoms with Crippen molar-refractivity contribution < 1.29 is 4.92 Å². The summed E-state index contributed by atoms with van der Waals surface area (Å²) >= 11 is 5.90. The molecule has 18 heavy (non-hydrogen) atoms. The van der Waals surface area contributed by atoms with Crippen LogP contribution in [-0.2, 0) is 0 Å². The van der Waals surface area contributed by atoms with E-state index in [1.807, 2.05) is 4.57 Å². The summed E-state index contributed by atoms with van der Waals surface area (Å²) in [6, 6.07) is 4.86. The highest BCUT2D eigenvalue weighted by atomic mass is 35.5. The number of nitrogens with zero attached hydrogens (tertiary/aromatic N) is 4. The predicted octanol–water partition coefficient (Wildman–Crippen LogP) is 2.84. The van der Waals surface area contributed by atoms with Crippen molar-refractivity contribution in [3.05, 3.63) is 39.7 Å². The summed E-state index contributed by atoms with van der Waals surface area (Å²) in [5.41, 5.74) is 0.585. The van der Waals surface area contributed by atoms with Crippen LogP contribution in [0.15, 0.2) is 24.5 Å². The minimum atomic E-state index is -0.465. The number of aromatic nitrogens is 3. The summed E-state index contributed by atoms with van der Waals surface area (Å²) in [4.78, 5) is 10.3. The van der Waals surface area contributed by atoms with Gasteiger partial charge in [-0.15, -0.1) is 10.2 Å². The lowest BCUT2D eigenvalue weighted by Gasteiger charge is -2.05. The second-order valence-electron chi connectivity index (χ2n) is 4.25. The molecule has 92 valence electrons. The van der Waals surface area contributed by atoms with E-state index in [0.717, 1.165) is 12.8 Å². The Balaban J connectivity index is 2.10. The van der Waals surface area contributed by atoms with Gasteiger partial charge in [0, 0.05) is 28.8 Å². The van der Waals surface area contributed by atoms with Crippen LogP contribution < -0.4 is 0 Å². The number of nitro groups is 1. The van der Waals surface area contributed by atoms with E-state index < -0.39 is 4.92 Å². The molecule has 0 radical (unpaired) electrons. The van der Waals surface area contributed by atoms with Gasteiger partial charge >= 0.3 is 0 Å². The van der Waals surface area contributed by atoms with Crippen LogP contribution in [0.3, 0.4) is 0 Å². The number of benzene rings is 1. The van der Waals surface area contributed by atoms with Gasteiger partial charge in [0.05, 0.1) is 4.92 Å². The zero-order valence-corrected chi connectivity index (χ0v) is 10.0. The van der Waals surface area contributed by atoms with E-state index in [9.17, 15) is 10.1 Å². The zero-order valence-electron chi connectivity index (χ0n) is 9.28. The van der Waals surface area contributed by atoms with Crippen molar-refractivity contribution in [1.82, 2.24) is 14.8 Å². The molecular formula is C11H9ClN4O2. The molecule has 1 aliphatic carbocycles. The van der Waals surface area contributed by atoms with E-state index in [1.165, 1.54) is 12.1 Å².